The van der Waals surface area contributed by atoms with Gasteiger partial charge in [0.15, 0.2) is 0 Å². The SMILES string of the molecule is Nc1c(Cl)cc(F)cc1-c1ccc(Cl)cc1Cl. The first-order chi connectivity index (χ1) is 7.99. The Kier molecular flexibility index (Phi) is 3.48. The fourth-order valence-electron chi connectivity index (χ4n) is 1.52. The van der Waals surface area contributed by atoms with Crippen LogP contribution in [-0.4, -0.2) is 0 Å². The van der Waals surface area contributed by atoms with Crippen LogP contribution in [0.3, 0.4) is 0 Å². The molecule has 0 unspecified atom stereocenters. The smallest absolute Gasteiger partial charge is 0.125 e. The van der Waals surface area contributed by atoms with Crippen LogP contribution in [0.15, 0.2) is 30.3 Å². The number of hydrogen-bond donors (Lipinski definition) is 1. The molecule has 0 aliphatic rings. The predicted octanol–water partition coefficient (Wildman–Crippen LogP) is 5.04. The van der Waals surface area contributed by atoms with Crippen LogP contribution in [0.25, 0.3) is 11.1 Å². The molecule has 0 aromatic heterocycles. The highest BCUT2D eigenvalue weighted by Crippen LogP contribution is 2.37. The van der Waals surface area contributed by atoms with E-state index in [2.05, 4.69) is 0 Å². The maximum absolute atomic E-state index is 13.3. The Labute approximate surface area is 113 Å². The Morgan fingerprint density at radius 2 is 1.59 bits per heavy atom. The molecular formula is C12H7Cl3FN. The van der Waals surface area contributed by atoms with Gasteiger partial charge >= 0.3 is 0 Å². The zero-order chi connectivity index (χ0) is 12.6. The molecule has 0 saturated heterocycles. The molecule has 0 radical (unpaired) electrons. The number of nitrogens with two attached hydrogens (primary N) is 1. The van der Waals surface area contributed by atoms with Gasteiger partial charge in [-0.05, 0) is 24.3 Å². The summed E-state index contributed by atoms with van der Waals surface area (Å²) in [4.78, 5) is 0. The minimum Gasteiger partial charge on any atom is -0.397 e. The number of hydrogen-bond acceptors (Lipinski definition) is 1. The van der Waals surface area contributed by atoms with Crippen LogP contribution in [0.4, 0.5) is 10.1 Å². The van der Waals surface area contributed by atoms with Gasteiger partial charge in [-0.3, -0.25) is 0 Å². The molecule has 0 atom stereocenters. The minimum atomic E-state index is -0.467. The zero-order valence-corrected chi connectivity index (χ0v) is 10.7. The highest BCUT2D eigenvalue weighted by Gasteiger charge is 2.12. The van der Waals surface area contributed by atoms with E-state index >= 15 is 0 Å². The van der Waals surface area contributed by atoms with Gasteiger partial charge in [0.1, 0.15) is 5.82 Å². The van der Waals surface area contributed by atoms with Crippen molar-refractivity contribution in [1.82, 2.24) is 0 Å². The molecule has 88 valence electrons. The second-order valence-electron chi connectivity index (χ2n) is 3.47. The predicted molar refractivity (Wildman–Crippen MR) is 71.3 cm³/mol. The Morgan fingerprint density at radius 1 is 0.882 bits per heavy atom. The van der Waals surface area contributed by atoms with Gasteiger partial charge in [-0.1, -0.05) is 40.9 Å². The van der Waals surface area contributed by atoms with E-state index in [-0.39, 0.29) is 10.7 Å². The van der Waals surface area contributed by atoms with E-state index < -0.39 is 5.82 Å². The van der Waals surface area contributed by atoms with Crippen LogP contribution < -0.4 is 5.73 Å². The van der Waals surface area contributed by atoms with Crippen LogP contribution in [0.2, 0.25) is 15.1 Å². The Morgan fingerprint density at radius 3 is 2.24 bits per heavy atom. The molecule has 1 nitrogen and oxygen atoms in total. The lowest BCUT2D eigenvalue weighted by molar-refractivity contribution is 0.628. The Balaban J connectivity index is 2.68. The molecule has 0 amide bonds. The van der Waals surface area contributed by atoms with Crippen molar-refractivity contribution in [2.75, 3.05) is 5.73 Å². The largest absolute Gasteiger partial charge is 0.397 e. The molecule has 0 spiro atoms. The Bertz CT molecular complexity index is 584. The maximum atomic E-state index is 13.3. The van der Waals surface area contributed by atoms with E-state index in [1.807, 2.05) is 0 Å². The molecule has 2 aromatic rings. The van der Waals surface area contributed by atoms with Gasteiger partial charge in [-0.25, -0.2) is 4.39 Å². The molecule has 2 rings (SSSR count). The molecule has 5 heteroatoms. The molecule has 0 saturated carbocycles. The van der Waals surface area contributed by atoms with E-state index in [0.29, 0.717) is 21.2 Å². The average Bonchev–Trinajstić information content (AvgIpc) is 2.24. The fourth-order valence-corrected chi connectivity index (χ4v) is 2.23. The highest BCUT2D eigenvalue weighted by atomic mass is 35.5. The summed E-state index contributed by atoms with van der Waals surface area (Å²) < 4.78 is 13.3. The van der Waals surface area contributed by atoms with Gasteiger partial charge in [0, 0.05) is 21.2 Å². The lowest BCUT2D eigenvalue weighted by Crippen LogP contribution is -1.93. The van der Waals surface area contributed by atoms with Gasteiger partial charge in [0.2, 0.25) is 0 Å². The molecule has 0 heterocycles. The van der Waals surface area contributed by atoms with E-state index in [4.69, 9.17) is 40.5 Å². The number of benzene rings is 2. The van der Waals surface area contributed by atoms with Crippen LogP contribution >= 0.6 is 34.8 Å². The normalized spacial score (nSPS) is 10.6. The van der Waals surface area contributed by atoms with E-state index in [1.165, 1.54) is 6.07 Å². The second kappa shape index (κ2) is 4.73. The van der Waals surface area contributed by atoms with Crippen LogP contribution in [0.5, 0.6) is 0 Å². The van der Waals surface area contributed by atoms with E-state index in [9.17, 15) is 4.39 Å². The lowest BCUT2D eigenvalue weighted by Gasteiger charge is -2.10. The molecule has 17 heavy (non-hydrogen) atoms. The summed E-state index contributed by atoms with van der Waals surface area (Å²) in [6.07, 6.45) is 0. The topological polar surface area (TPSA) is 26.0 Å². The monoisotopic (exact) mass is 289 g/mol. The number of anilines is 1. The highest BCUT2D eigenvalue weighted by molar-refractivity contribution is 6.37. The molecule has 0 bridgehead atoms. The van der Waals surface area contributed by atoms with Crippen molar-refractivity contribution < 1.29 is 4.39 Å². The van der Waals surface area contributed by atoms with Gasteiger partial charge in [-0.2, -0.15) is 0 Å². The van der Waals surface area contributed by atoms with Gasteiger partial charge in [-0.15, -0.1) is 0 Å². The van der Waals surface area contributed by atoms with Crippen molar-refractivity contribution in [2.24, 2.45) is 0 Å². The summed E-state index contributed by atoms with van der Waals surface area (Å²) in [6.45, 7) is 0. The molecule has 0 aliphatic heterocycles. The van der Waals surface area contributed by atoms with Crippen LogP contribution in [0, 0.1) is 5.82 Å². The maximum Gasteiger partial charge on any atom is 0.125 e. The van der Waals surface area contributed by atoms with Gasteiger partial charge in [0.05, 0.1) is 10.7 Å². The van der Waals surface area contributed by atoms with Crippen molar-refractivity contribution in [1.29, 1.82) is 0 Å². The minimum absolute atomic E-state index is 0.158. The lowest BCUT2D eigenvalue weighted by atomic mass is 10.0. The third-order valence-corrected chi connectivity index (χ3v) is 3.18. The van der Waals surface area contributed by atoms with Gasteiger partial charge in [0.25, 0.3) is 0 Å². The Hall–Kier alpha value is -0.960. The van der Waals surface area contributed by atoms with Crippen molar-refractivity contribution in [3.63, 3.8) is 0 Å². The van der Waals surface area contributed by atoms with Crippen molar-refractivity contribution in [2.45, 2.75) is 0 Å². The molecule has 0 fully saturated rings. The first kappa shape index (κ1) is 12.5. The number of rotatable bonds is 1. The van der Waals surface area contributed by atoms with Crippen LogP contribution in [0.1, 0.15) is 0 Å². The average molecular weight is 291 g/mol. The molecular weight excluding hydrogens is 283 g/mol. The van der Waals surface area contributed by atoms with E-state index in [0.717, 1.165) is 6.07 Å². The first-order valence-corrected chi connectivity index (χ1v) is 5.82. The summed E-state index contributed by atoms with van der Waals surface area (Å²) in [7, 11) is 0. The zero-order valence-electron chi connectivity index (χ0n) is 8.48. The molecule has 2 aromatic carbocycles. The number of nitrogen functional groups attached to an aromatic ring is 1. The quantitative estimate of drug-likeness (QED) is 0.732. The summed E-state index contributed by atoms with van der Waals surface area (Å²) in [5.41, 5.74) is 7.14. The van der Waals surface area contributed by atoms with Gasteiger partial charge < -0.3 is 5.73 Å². The fraction of sp³-hybridized carbons (Fsp3) is 0. The standard InChI is InChI=1S/C12H7Cl3FN/c13-6-1-2-8(10(14)3-6)9-4-7(16)5-11(15)12(9)17/h1-5H,17H2. The van der Waals surface area contributed by atoms with Crippen molar-refractivity contribution in [3.05, 3.63) is 51.2 Å². The number of halogens is 4. The molecule has 0 aliphatic carbocycles. The van der Waals surface area contributed by atoms with E-state index in [1.54, 1.807) is 18.2 Å². The molecule has 2 N–H and O–H groups in total. The summed E-state index contributed by atoms with van der Waals surface area (Å²) in [5.74, 6) is -0.467. The third kappa shape index (κ3) is 2.49. The van der Waals surface area contributed by atoms with Crippen molar-refractivity contribution in [3.8, 4) is 11.1 Å². The summed E-state index contributed by atoms with van der Waals surface area (Å²) in [6, 6.07) is 7.34. The first-order valence-electron chi connectivity index (χ1n) is 4.69. The van der Waals surface area contributed by atoms with Crippen molar-refractivity contribution >= 4 is 40.5 Å². The second-order valence-corrected chi connectivity index (χ2v) is 4.72. The third-order valence-electron chi connectivity index (χ3n) is 2.32. The van der Waals surface area contributed by atoms with Crippen LogP contribution in [-0.2, 0) is 0 Å². The summed E-state index contributed by atoms with van der Waals surface area (Å²) in [5, 5.41) is 1.05. The summed E-state index contributed by atoms with van der Waals surface area (Å²) >= 11 is 17.6.